The van der Waals surface area contributed by atoms with E-state index in [-0.39, 0.29) is 0 Å². The third kappa shape index (κ3) is 4.20. The van der Waals surface area contributed by atoms with Crippen LogP contribution < -0.4 is 4.90 Å². The lowest BCUT2D eigenvalue weighted by atomic mass is 10.0. The van der Waals surface area contributed by atoms with E-state index in [2.05, 4.69) is 114 Å². The molecule has 1 fully saturated rings. The summed E-state index contributed by atoms with van der Waals surface area (Å²) >= 11 is 4.18. The predicted molar refractivity (Wildman–Crippen MR) is 123 cm³/mol. The minimum Gasteiger partial charge on any atom is -0.310 e. The second kappa shape index (κ2) is 8.90. The van der Waals surface area contributed by atoms with Crippen molar-refractivity contribution in [1.82, 2.24) is 0 Å². The Bertz CT molecular complexity index is 819. The average Bonchev–Trinajstić information content (AvgIpc) is 2.76. The lowest BCUT2D eigenvalue weighted by Crippen LogP contribution is -2.12. The molecule has 0 aromatic heterocycles. The van der Waals surface area contributed by atoms with E-state index in [1.165, 1.54) is 46.1 Å². The van der Waals surface area contributed by atoms with Gasteiger partial charge in [0, 0.05) is 17.1 Å². The van der Waals surface area contributed by atoms with Crippen LogP contribution in [0.2, 0.25) is 0 Å². The Balaban J connectivity index is 1.77. The molecule has 4 rings (SSSR count). The third-order valence-electron chi connectivity index (χ3n) is 4.85. The molecule has 0 unspecified atom stereocenters. The second-order valence-corrected chi connectivity index (χ2v) is 9.40. The molecule has 0 radical (unpaired) electrons. The minimum absolute atomic E-state index is 0.583. The van der Waals surface area contributed by atoms with Crippen LogP contribution >= 0.6 is 23.5 Å². The fourth-order valence-corrected chi connectivity index (χ4v) is 6.39. The van der Waals surface area contributed by atoms with E-state index >= 15 is 0 Å². The molecule has 0 aliphatic carbocycles. The van der Waals surface area contributed by atoms with Gasteiger partial charge in [0.1, 0.15) is 0 Å². The Kier molecular flexibility index (Phi) is 6.10. The Labute approximate surface area is 171 Å². The summed E-state index contributed by atoms with van der Waals surface area (Å²) < 4.78 is 0.583. The third-order valence-corrected chi connectivity index (χ3v) is 7.87. The highest BCUT2D eigenvalue weighted by Gasteiger charge is 2.20. The second-order valence-electron chi connectivity index (χ2n) is 6.68. The lowest BCUT2D eigenvalue weighted by Gasteiger charge is -2.29. The summed E-state index contributed by atoms with van der Waals surface area (Å²) in [5.74, 6) is 2.56. The summed E-state index contributed by atoms with van der Waals surface area (Å²) in [6, 6.07) is 28.4. The maximum atomic E-state index is 2.43. The molecule has 3 heteroatoms. The highest BCUT2D eigenvalue weighted by Crippen LogP contribution is 2.45. The van der Waals surface area contributed by atoms with Crippen molar-refractivity contribution in [3.8, 4) is 0 Å². The van der Waals surface area contributed by atoms with E-state index in [1.807, 2.05) is 0 Å². The first-order valence-electron chi connectivity index (χ1n) is 9.63. The molecule has 3 aromatic rings. The topological polar surface area (TPSA) is 3.24 Å². The van der Waals surface area contributed by atoms with Crippen molar-refractivity contribution in [2.24, 2.45) is 0 Å². The summed E-state index contributed by atoms with van der Waals surface area (Å²) in [4.78, 5) is 2.38. The summed E-state index contributed by atoms with van der Waals surface area (Å²) in [6.07, 6.45) is 2.36. The van der Waals surface area contributed by atoms with E-state index in [0.29, 0.717) is 4.58 Å². The van der Waals surface area contributed by atoms with Gasteiger partial charge in [-0.25, -0.2) is 0 Å². The van der Waals surface area contributed by atoms with E-state index in [4.69, 9.17) is 0 Å². The largest absolute Gasteiger partial charge is 0.310 e. The molecule has 3 aromatic carbocycles. The van der Waals surface area contributed by atoms with Crippen molar-refractivity contribution in [2.45, 2.75) is 24.3 Å². The Morgan fingerprint density at radius 2 is 1.41 bits per heavy atom. The molecule has 1 nitrogen and oxygen atoms in total. The number of hydrogen-bond donors (Lipinski definition) is 0. The van der Waals surface area contributed by atoms with Crippen LogP contribution in [0.15, 0.2) is 78.9 Å². The van der Waals surface area contributed by atoms with Crippen molar-refractivity contribution in [2.75, 3.05) is 16.4 Å². The monoisotopic (exact) mass is 391 g/mol. The molecule has 27 heavy (non-hydrogen) atoms. The van der Waals surface area contributed by atoms with Crippen LogP contribution in [0.25, 0.3) is 0 Å². The minimum atomic E-state index is 0.583. The van der Waals surface area contributed by atoms with Crippen LogP contribution in [-0.2, 0) is 6.42 Å². The zero-order chi connectivity index (χ0) is 18.5. The maximum absolute atomic E-state index is 2.43. The quantitative estimate of drug-likeness (QED) is 0.441. The molecule has 1 saturated heterocycles. The molecule has 138 valence electrons. The van der Waals surface area contributed by atoms with E-state index in [0.717, 1.165) is 6.42 Å². The molecule has 1 aliphatic heterocycles. The van der Waals surface area contributed by atoms with Crippen LogP contribution in [0.4, 0.5) is 17.1 Å². The lowest BCUT2D eigenvalue weighted by molar-refractivity contribution is 1.08. The van der Waals surface area contributed by atoms with Gasteiger partial charge < -0.3 is 4.90 Å². The first kappa shape index (κ1) is 18.5. The van der Waals surface area contributed by atoms with Gasteiger partial charge in [0.05, 0.1) is 4.58 Å². The standard InChI is InChI=1S/C24H25NS2/c1-2-19-18-20(24-26-16-9-17-27-24)14-15-23(19)25(21-10-5-3-6-11-21)22-12-7-4-8-13-22/h3-8,10-15,18,24H,2,9,16-17H2,1H3. The van der Waals surface area contributed by atoms with Crippen molar-refractivity contribution < 1.29 is 0 Å². The Morgan fingerprint density at radius 3 is 1.96 bits per heavy atom. The highest BCUT2D eigenvalue weighted by molar-refractivity contribution is 8.16. The number of thioether (sulfide) groups is 2. The number of aryl methyl sites for hydroxylation is 1. The molecule has 0 amide bonds. The zero-order valence-corrected chi connectivity index (χ0v) is 17.3. The number of nitrogens with zero attached hydrogens (tertiary/aromatic N) is 1. The van der Waals surface area contributed by atoms with Gasteiger partial charge in [0.15, 0.2) is 0 Å². The van der Waals surface area contributed by atoms with Crippen LogP contribution in [0.5, 0.6) is 0 Å². The number of para-hydroxylation sites is 2. The van der Waals surface area contributed by atoms with Gasteiger partial charge in [0.25, 0.3) is 0 Å². The number of rotatable bonds is 5. The van der Waals surface area contributed by atoms with Crippen molar-refractivity contribution in [3.05, 3.63) is 90.0 Å². The zero-order valence-electron chi connectivity index (χ0n) is 15.7. The SMILES string of the molecule is CCc1cc(C2SCCCS2)ccc1N(c1ccccc1)c1ccccc1. The summed E-state index contributed by atoms with van der Waals surface area (Å²) in [5, 5.41) is 0. The van der Waals surface area contributed by atoms with Crippen molar-refractivity contribution in [3.63, 3.8) is 0 Å². The van der Waals surface area contributed by atoms with Gasteiger partial charge in [-0.2, -0.15) is 0 Å². The van der Waals surface area contributed by atoms with Gasteiger partial charge >= 0.3 is 0 Å². The first-order chi connectivity index (χ1) is 13.4. The molecule has 1 heterocycles. The Hall–Kier alpha value is -1.84. The van der Waals surface area contributed by atoms with Crippen LogP contribution in [0, 0.1) is 0 Å². The predicted octanol–water partition coefficient (Wildman–Crippen LogP) is 7.59. The van der Waals surface area contributed by atoms with Crippen molar-refractivity contribution in [1.29, 1.82) is 0 Å². The molecule has 0 atom stereocenters. The summed E-state index contributed by atoms with van der Waals surface area (Å²) in [7, 11) is 0. The Morgan fingerprint density at radius 1 is 0.815 bits per heavy atom. The van der Waals surface area contributed by atoms with Crippen LogP contribution in [-0.4, -0.2) is 11.5 Å². The normalized spacial score (nSPS) is 14.9. The maximum Gasteiger partial charge on any atom is 0.0751 e. The van der Waals surface area contributed by atoms with Crippen LogP contribution in [0.1, 0.15) is 29.1 Å². The van der Waals surface area contributed by atoms with E-state index in [9.17, 15) is 0 Å². The summed E-state index contributed by atoms with van der Waals surface area (Å²) in [5.41, 5.74) is 6.56. The molecule has 0 spiro atoms. The molecule has 0 bridgehead atoms. The fourth-order valence-electron chi connectivity index (χ4n) is 3.51. The van der Waals surface area contributed by atoms with E-state index in [1.54, 1.807) is 0 Å². The van der Waals surface area contributed by atoms with Gasteiger partial charge in [-0.3, -0.25) is 0 Å². The van der Waals surface area contributed by atoms with Crippen molar-refractivity contribution >= 4 is 40.6 Å². The van der Waals surface area contributed by atoms with Crippen LogP contribution in [0.3, 0.4) is 0 Å². The van der Waals surface area contributed by atoms with Gasteiger partial charge in [-0.1, -0.05) is 55.5 Å². The van der Waals surface area contributed by atoms with Gasteiger partial charge in [0.2, 0.25) is 0 Å². The number of benzene rings is 3. The number of hydrogen-bond acceptors (Lipinski definition) is 3. The highest BCUT2D eigenvalue weighted by atomic mass is 32.2. The summed E-state index contributed by atoms with van der Waals surface area (Å²) in [6.45, 7) is 2.26. The molecular weight excluding hydrogens is 366 g/mol. The number of anilines is 3. The average molecular weight is 392 g/mol. The molecule has 0 saturated carbocycles. The first-order valence-corrected chi connectivity index (χ1v) is 11.7. The smallest absolute Gasteiger partial charge is 0.0751 e. The fraction of sp³-hybridized carbons (Fsp3) is 0.250. The molecule has 0 N–H and O–H groups in total. The van der Waals surface area contributed by atoms with Gasteiger partial charge in [-0.05, 0) is 65.8 Å². The van der Waals surface area contributed by atoms with E-state index < -0.39 is 0 Å². The molecular formula is C24H25NS2. The van der Waals surface area contributed by atoms with Gasteiger partial charge in [-0.15, -0.1) is 23.5 Å². The molecule has 1 aliphatic rings.